The van der Waals surface area contributed by atoms with Crippen LogP contribution in [0.3, 0.4) is 0 Å². The van der Waals surface area contributed by atoms with Gasteiger partial charge in [0.05, 0.1) is 10.4 Å². The van der Waals surface area contributed by atoms with E-state index in [-0.39, 0.29) is 12.0 Å². The van der Waals surface area contributed by atoms with Gasteiger partial charge in [0.2, 0.25) is 0 Å². The molecule has 0 atom stereocenters. The number of rotatable bonds is 2. The Kier molecular flexibility index (Phi) is 3.27. The molecule has 1 aliphatic rings. The molecule has 0 unspecified atom stereocenters. The van der Waals surface area contributed by atoms with Gasteiger partial charge in [0.15, 0.2) is 0 Å². The van der Waals surface area contributed by atoms with Gasteiger partial charge in [-0.15, -0.1) is 11.3 Å². The summed E-state index contributed by atoms with van der Waals surface area (Å²) in [5.74, 6) is 0. The highest BCUT2D eigenvalue weighted by Gasteiger charge is 2.34. The molecule has 2 N–H and O–H groups in total. The second-order valence-corrected chi connectivity index (χ2v) is 6.26. The molecule has 1 aromatic heterocycles. The van der Waals surface area contributed by atoms with Crippen LogP contribution in [0.25, 0.3) is 0 Å². The summed E-state index contributed by atoms with van der Waals surface area (Å²) in [6.45, 7) is 2.29. The zero-order chi connectivity index (χ0) is 10.0. The molecule has 1 aliphatic heterocycles. The van der Waals surface area contributed by atoms with E-state index in [2.05, 4.69) is 33.4 Å². The van der Waals surface area contributed by atoms with Crippen LogP contribution in [0.2, 0.25) is 0 Å². The molecular weight excluding hydrogens is 262 g/mol. The number of thiophene rings is 1. The van der Waals surface area contributed by atoms with Gasteiger partial charge in [-0.1, -0.05) is 0 Å². The van der Waals surface area contributed by atoms with Gasteiger partial charge in [-0.05, 0) is 54.0 Å². The van der Waals surface area contributed by atoms with Crippen molar-refractivity contribution in [2.24, 2.45) is 0 Å². The molecule has 2 nitrogen and oxygen atoms in total. The SMILES string of the molecule is OCC1(c2ccc(Br)s2)CCNCC1. The maximum Gasteiger partial charge on any atom is 0.0701 e. The Morgan fingerprint density at radius 3 is 2.64 bits per heavy atom. The van der Waals surface area contributed by atoms with E-state index < -0.39 is 0 Å². The van der Waals surface area contributed by atoms with Crippen molar-refractivity contribution in [1.82, 2.24) is 5.32 Å². The lowest BCUT2D eigenvalue weighted by Crippen LogP contribution is -2.41. The van der Waals surface area contributed by atoms with Crippen molar-refractivity contribution in [2.75, 3.05) is 19.7 Å². The summed E-state index contributed by atoms with van der Waals surface area (Å²) in [5.41, 5.74) is 0.0158. The summed E-state index contributed by atoms with van der Waals surface area (Å²) >= 11 is 5.22. The van der Waals surface area contributed by atoms with Crippen LogP contribution in [0, 0.1) is 0 Å². The maximum absolute atomic E-state index is 9.57. The highest BCUT2D eigenvalue weighted by molar-refractivity contribution is 9.11. The molecule has 1 fully saturated rings. The van der Waals surface area contributed by atoms with Gasteiger partial charge in [-0.3, -0.25) is 0 Å². The summed E-state index contributed by atoms with van der Waals surface area (Å²) in [5, 5.41) is 12.9. The normalized spacial score (nSPS) is 21.0. The zero-order valence-electron chi connectivity index (χ0n) is 7.92. The van der Waals surface area contributed by atoms with Crippen LogP contribution in [0.1, 0.15) is 17.7 Å². The van der Waals surface area contributed by atoms with E-state index in [4.69, 9.17) is 0 Å². The van der Waals surface area contributed by atoms with Crippen LogP contribution in [-0.2, 0) is 5.41 Å². The zero-order valence-corrected chi connectivity index (χ0v) is 10.3. The van der Waals surface area contributed by atoms with Crippen LogP contribution < -0.4 is 5.32 Å². The minimum Gasteiger partial charge on any atom is -0.395 e. The van der Waals surface area contributed by atoms with Crippen LogP contribution in [0.4, 0.5) is 0 Å². The van der Waals surface area contributed by atoms with E-state index in [9.17, 15) is 5.11 Å². The number of halogens is 1. The topological polar surface area (TPSA) is 32.3 Å². The van der Waals surface area contributed by atoms with Gasteiger partial charge in [0.1, 0.15) is 0 Å². The molecule has 14 heavy (non-hydrogen) atoms. The van der Waals surface area contributed by atoms with E-state index in [1.807, 2.05) is 0 Å². The second kappa shape index (κ2) is 4.31. The number of nitrogens with one attached hydrogen (secondary N) is 1. The van der Waals surface area contributed by atoms with E-state index in [1.54, 1.807) is 11.3 Å². The minimum absolute atomic E-state index is 0.0158. The third-order valence-corrected chi connectivity index (χ3v) is 4.83. The summed E-state index contributed by atoms with van der Waals surface area (Å²) in [7, 11) is 0. The molecule has 0 amide bonds. The molecule has 0 radical (unpaired) electrons. The fourth-order valence-corrected chi connectivity index (χ4v) is 3.61. The maximum atomic E-state index is 9.57. The van der Waals surface area contributed by atoms with Crippen molar-refractivity contribution in [3.05, 3.63) is 20.8 Å². The van der Waals surface area contributed by atoms with Gasteiger partial charge in [-0.2, -0.15) is 0 Å². The molecule has 0 aliphatic carbocycles. The summed E-state index contributed by atoms with van der Waals surface area (Å²) in [4.78, 5) is 1.31. The van der Waals surface area contributed by atoms with Crippen LogP contribution >= 0.6 is 27.3 Å². The van der Waals surface area contributed by atoms with Crippen molar-refractivity contribution >= 4 is 27.3 Å². The first-order chi connectivity index (χ1) is 6.77. The third kappa shape index (κ3) is 1.89. The molecule has 78 valence electrons. The van der Waals surface area contributed by atoms with Crippen molar-refractivity contribution in [3.8, 4) is 0 Å². The van der Waals surface area contributed by atoms with E-state index in [0.29, 0.717) is 0 Å². The average molecular weight is 276 g/mol. The van der Waals surface area contributed by atoms with Crippen LogP contribution in [-0.4, -0.2) is 24.8 Å². The molecule has 4 heteroatoms. The van der Waals surface area contributed by atoms with Gasteiger partial charge in [0.25, 0.3) is 0 Å². The summed E-state index contributed by atoms with van der Waals surface area (Å²) in [6.07, 6.45) is 2.08. The monoisotopic (exact) mass is 275 g/mol. The molecule has 0 bridgehead atoms. The Morgan fingerprint density at radius 1 is 1.43 bits per heavy atom. The molecule has 0 spiro atoms. The van der Waals surface area contributed by atoms with Gasteiger partial charge in [-0.25, -0.2) is 0 Å². The fourth-order valence-electron chi connectivity index (χ4n) is 1.99. The van der Waals surface area contributed by atoms with Crippen LogP contribution in [0.5, 0.6) is 0 Å². The lowest BCUT2D eigenvalue weighted by Gasteiger charge is -2.35. The highest BCUT2D eigenvalue weighted by Crippen LogP contribution is 2.38. The Hall–Kier alpha value is 0.1000. The number of hydrogen-bond acceptors (Lipinski definition) is 3. The molecule has 1 saturated heterocycles. The quantitative estimate of drug-likeness (QED) is 0.867. The lowest BCUT2D eigenvalue weighted by molar-refractivity contribution is 0.161. The Morgan fingerprint density at radius 2 is 2.14 bits per heavy atom. The molecular formula is C10H14BrNOS. The van der Waals surface area contributed by atoms with Crippen molar-refractivity contribution in [1.29, 1.82) is 0 Å². The number of piperidine rings is 1. The van der Waals surface area contributed by atoms with Crippen molar-refractivity contribution in [2.45, 2.75) is 18.3 Å². The standard InChI is InChI=1S/C10H14BrNOS/c11-9-2-1-8(14-9)10(7-13)3-5-12-6-4-10/h1-2,12-13H,3-7H2. The number of aliphatic hydroxyl groups is 1. The smallest absolute Gasteiger partial charge is 0.0701 e. The Bertz CT molecular complexity index is 307. The number of aliphatic hydroxyl groups excluding tert-OH is 1. The largest absolute Gasteiger partial charge is 0.395 e. The molecule has 0 aromatic carbocycles. The summed E-state index contributed by atoms with van der Waals surface area (Å²) in [6, 6.07) is 4.20. The fraction of sp³-hybridized carbons (Fsp3) is 0.600. The predicted molar refractivity (Wildman–Crippen MR) is 62.9 cm³/mol. The Balaban J connectivity index is 2.26. The first-order valence-corrected chi connectivity index (χ1v) is 6.45. The Labute approximate surface area is 96.5 Å². The van der Waals surface area contributed by atoms with Gasteiger partial charge in [0, 0.05) is 10.3 Å². The van der Waals surface area contributed by atoms with Gasteiger partial charge < -0.3 is 10.4 Å². The summed E-state index contributed by atoms with van der Waals surface area (Å²) < 4.78 is 1.15. The third-order valence-electron chi connectivity index (χ3n) is 2.96. The van der Waals surface area contributed by atoms with E-state index in [1.165, 1.54) is 4.88 Å². The van der Waals surface area contributed by atoms with Gasteiger partial charge >= 0.3 is 0 Å². The molecule has 2 heterocycles. The molecule has 0 saturated carbocycles. The minimum atomic E-state index is 0.0158. The first-order valence-electron chi connectivity index (χ1n) is 4.84. The number of hydrogen-bond donors (Lipinski definition) is 2. The van der Waals surface area contributed by atoms with E-state index in [0.717, 1.165) is 29.7 Å². The first kappa shape index (κ1) is 10.6. The lowest BCUT2D eigenvalue weighted by atomic mass is 9.78. The van der Waals surface area contributed by atoms with Crippen molar-refractivity contribution in [3.63, 3.8) is 0 Å². The predicted octanol–water partition coefficient (Wildman–Crippen LogP) is 2.12. The highest BCUT2D eigenvalue weighted by atomic mass is 79.9. The van der Waals surface area contributed by atoms with Crippen LogP contribution in [0.15, 0.2) is 15.9 Å². The second-order valence-electron chi connectivity index (χ2n) is 3.79. The molecule has 1 aromatic rings. The van der Waals surface area contributed by atoms with E-state index >= 15 is 0 Å². The van der Waals surface area contributed by atoms with Crippen molar-refractivity contribution < 1.29 is 5.11 Å². The average Bonchev–Trinajstić information content (AvgIpc) is 2.66. The molecule has 2 rings (SSSR count).